The van der Waals surface area contributed by atoms with Gasteiger partial charge in [0, 0.05) is 5.70 Å². The highest BCUT2D eigenvalue weighted by molar-refractivity contribution is 7.13. The highest BCUT2D eigenvalue weighted by Gasteiger charge is 2.36. The second-order valence-corrected chi connectivity index (χ2v) is 9.29. The molecule has 0 radical (unpaired) electrons. The Morgan fingerprint density at radius 1 is 1.09 bits per heavy atom. The Labute approximate surface area is 200 Å². The van der Waals surface area contributed by atoms with Crippen LogP contribution in [0.15, 0.2) is 70.2 Å². The van der Waals surface area contributed by atoms with Crippen LogP contribution in [0.4, 0.5) is 9.18 Å². The Morgan fingerprint density at radius 2 is 1.88 bits per heavy atom. The van der Waals surface area contributed by atoms with Crippen LogP contribution in [0.25, 0.3) is 16.3 Å². The standard InChI is InChI=1S/C26H23FN4O2S/c1-15-6-9-19(13-16(15)2)23-22(25-29-24(30-33-25)21-5-4-12-34-21)17(3)31(26(32)28-23)14-18-7-10-20(27)11-8-18/h4-13,23H,14H2,1-3H3,(H,28,32). The van der Waals surface area contributed by atoms with Gasteiger partial charge in [0.1, 0.15) is 5.82 Å². The molecule has 1 aliphatic rings. The van der Waals surface area contributed by atoms with Gasteiger partial charge in [-0.3, -0.25) is 4.90 Å². The minimum absolute atomic E-state index is 0.244. The Kier molecular flexibility index (Phi) is 5.75. The van der Waals surface area contributed by atoms with E-state index in [2.05, 4.69) is 28.4 Å². The minimum Gasteiger partial charge on any atom is -0.334 e. The van der Waals surface area contributed by atoms with E-state index in [0.29, 0.717) is 17.4 Å². The third-order valence-corrected chi connectivity index (χ3v) is 6.98. The molecule has 0 fully saturated rings. The van der Waals surface area contributed by atoms with Gasteiger partial charge in [-0.25, -0.2) is 9.18 Å². The van der Waals surface area contributed by atoms with Gasteiger partial charge < -0.3 is 9.84 Å². The molecule has 172 valence electrons. The second-order valence-electron chi connectivity index (χ2n) is 8.34. The number of rotatable bonds is 5. The highest BCUT2D eigenvalue weighted by Crippen LogP contribution is 2.38. The molecule has 2 aromatic heterocycles. The van der Waals surface area contributed by atoms with E-state index in [0.717, 1.165) is 27.1 Å². The van der Waals surface area contributed by atoms with Crippen LogP contribution in [0.1, 0.15) is 41.1 Å². The number of allylic oxidation sites excluding steroid dienone is 1. The van der Waals surface area contributed by atoms with Crippen molar-refractivity contribution >= 4 is 22.9 Å². The van der Waals surface area contributed by atoms with E-state index in [4.69, 9.17) is 4.52 Å². The van der Waals surface area contributed by atoms with Crippen molar-refractivity contribution in [2.24, 2.45) is 0 Å². The van der Waals surface area contributed by atoms with Gasteiger partial charge in [-0.15, -0.1) is 11.3 Å². The zero-order valence-corrected chi connectivity index (χ0v) is 19.8. The maximum absolute atomic E-state index is 13.4. The third kappa shape index (κ3) is 4.12. The molecule has 4 aromatic rings. The maximum Gasteiger partial charge on any atom is 0.322 e. The van der Waals surface area contributed by atoms with Crippen molar-refractivity contribution in [3.05, 3.63) is 99.6 Å². The number of carbonyl (C=O) groups excluding carboxylic acids is 1. The summed E-state index contributed by atoms with van der Waals surface area (Å²) in [6.45, 7) is 6.26. The van der Waals surface area contributed by atoms with Crippen LogP contribution in [0.5, 0.6) is 0 Å². The molecule has 1 N–H and O–H groups in total. The average molecular weight is 475 g/mol. The highest BCUT2D eigenvalue weighted by atomic mass is 32.1. The monoisotopic (exact) mass is 474 g/mol. The Balaban J connectivity index is 1.60. The van der Waals surface area contributed by atoms with Crippen LogP contribution < -0.4 is 5.32 Å². The first-order chi connectivity index (χ1) is 16.4. The topological polar surface area (TPSA) is 71.3 Å². The summed E-state index contributed by atoms with van der Waals surface area (Å²) in [6.07, 6.45) is 0. The molecule has 8 heteroatoms. The fraction of sp³-hybridized carbons (Fsp3) is 0.192. The zero-order chi connectivity index (χ0) is 23.8. The SMILES string of the molecule is CC1=C(c2nc(-c3cccs3)no2)C(c2ccc(C)c(C)c2)NC(=O)N1Cc1ccc(F)cc1. The zero-order valence-electron chi connectivity index (χ0n) is 19.0. The van der Waals surface area contributed by atoms with Gasteiger partial charge in [-0.1, -0.05) is 41.6 Å². The molecular formula is C26H23FN4O2S. The molecule has 1 atom stereocenters. The van der Waals surface area contributed by atoms with Crippen molar-refractivity contribution in [1.29, 1.82) is 0 Å². The number of urea groups is 1. The number of nitrogens with zero attached hydrogens (tertiary/aromatic N) is 3. The van der Waals surface area contributed by atoms with Gasteiger partial charge in [-0.05, 0) is 66.6 Å². The molecule has 0 saturated carbocycles. The molecule has 3 heterocycles. The molecule has 6 nitrogen and oxygen atoms in total. The van der Waals surface area contributed by atoms with Gasteiger partial charge >= 0.3 is 6.03 Å². The predicted octanol–water partition coefficient (Wildman–Crippen LogP) is 6.25. The fourth-order valence-electron chi connectivity index (χ4n) is 4.05. The lowest BCUT2D eigenvalue weighted by Crippen LogP contribution is -2.45. The Bertz CT molecular complexity index is 1380. The predicted molar refractivity (Wildman–Crippen MR) is 129 cm³/mol. The quantitative estimate of drug-likeness (QED) is 0.371. The molecule has 1 aliphatic heterocycles. The van der Waals surface area contributed by atoms with E-state index in [1.165, 1.54) is 29.0 Å². The van der Waals surface area contributed by atoms with E-state index in [-0.39, 0.29) is 18.4 Å². The number of halogens is 1. The van der Waals surface area contributed by atoms with Gasteiger partial charge in [0.15, 0.2) is 0 Å². The number of aryl methyl sites for hydroxylation is 2. The van der Waals surface area contributed by atoms with Gasteiger partial charge in [0.25, 0.3) is 5.89 Å². The van der Waals surface area contributed by atoms with Crippen molar-refractivity contribution in [3.8, 4) is 10.7 Å². The lowest BCUT2D eigenvalue weighted by molar-refractivity contribution is 0.203. The summed E-state index contributed by atoms with van der Waals surface area (Å²) in [6, 6.07) is 15.4. The molecular weight excluding hydrogens is 451 g/mol. The van der Waals surface area contributed by atoms with E-state index in [1.54, 1.807) is 17.0 Å². The van der Waals surface area contributed by atoms with Crippen molar-refractivity contribution in [1.82, 2.24) is 20.4 Å². The molecule has 34 heavy (non-hydrogen) atoms. The van der Waals surface area contributed by atoms with Crippen molar-refractivity contribution < 1.29 is 13.7 Å². The number of carbonyl (C=O) groups is 1. The number of aromatic nitrogens is 2. The first kappa shape index (κ1) is 22.0. The molecule has 0 spiro atoms. The van der Waals surface area contributed by atoms with Gasteiger partial charge in [-0.2, -0.15) is 4.98 Å². The first-order valence-corrected chi connectivity index (χ1v) is 11.8. The second kappa shape index (κ2) is 8.87. The summed E-state index contributed by atoms with van der Waals surface area (Å²) in [5.74, 6) is 0.543. The number of nitrogens with one attached hydrogen (secondary N) is 1. The van der Waals surface area contributed by atoms with E-state index in [9.17, 15) is 9.18 Å². The van der Waals surface area contributed by atoms with Crippen LogP contribution in [0.2, 0.25) is 0 Å². The molecule has 0 aliphatic carbocycles. The summed E-state index contributed by atoms with van der Waals surface area (Å²) in [7, 11) is 0. The van der Waals surface area contributed by atoms with Crippen LogP contribution in [0.3, 0.4) is 0 Å². The number of hydrogen-bond acceptors (Lipinski definition) is 5. The number of hydrogen-bond donors (Lipinski definition) is 1. The molecule has 0 bridgehead atoms. The summed E-state index contributed by atoms with van der Waals surface area (Å²) >= 11 is 1.53. The first-order valence-electron chi connectivity index (χ1n) is 10.9. The fourth-order valence-corrected chi connectivity index (χ4v) is 4.70. The smallest absolute Gasteiger partial charge is 0.322 e. The van der Waals surface area contributed by atoms with Crippen LogP contribution in [-0.4, -0.2) is 21.1 Å². The summed E-state index contributed by atoms with van der Waals surface area (Å²) in [4.78, 5) is 20.4. The summed E-state index contributed by atoms with van der Waals surface area (Å²) < 4.78 is 19.1. The third-order valence-electron chi connectivity index (χ3n) is 6.11. The van der Waals surface area contributed by atoms with Gasteiger partial charge in [0.2, 0.25) is 5.82 Å². The van der Waals surface area contributed by atoms with Gasteiger partial charge in [0.05, 0.1) is 23.0 Å². The average Bonchev–Trinajstić information content (AvgIpc) is 3.51. The molecule has 2 aromatic carbocycles. The summed E-state index contributed by atoms with van der Waals surface area (Å²) in [5.41, 5.74) is 5.48. The molecule has 1 unspecified atom stereocenters. The van der Waals surface area contributed by atoms with Crippen LogP contribution in [-0.2, 0) is 6.54 Å². The lowest BCUT2D eigenvalue weighted by atomic mass is 9.92. The number of amides is 2. The molecule has 2 amide bonds. The Hall–Kier alpha value is -3.78. The summed E-state index contributed by atoms with van der Waals surface area (Å²) in [5, 5.41) is 9.25. The molecule has 0 saturated heterocycles. The number of benzene rings is 2. The van der Waals surface area contributed by atoms with Crippen LogP contribution in [0, 0.1) is 19.7 Å². The van der Waals surface area contributed by atoms with E-state index >= 15 is 0 Å². The largest absolute Gasteiger partial charge is 0.334 e. The minimum atomic E-state index is -0.451. The maximum atomic E-state index is 13.4. The van der Waals surface area contributed by atoms with Crippen molar-refractivity contribution in [3.63, 3.8) is 0 Å². The van der Waals surface area contributed by atoms with Crippen molar-refractivity contribution in [2.75, 3.05) is 0 Å². The molecule has 5 rings (SSSR count). The normalized spacial score (nSPS) is 16.2. The lowest BCUT2D eigenvalue weighted by Gasteiger charge is -2.35. The van der Waals surface area contributed by atoms with Crippen molar-refractivity contribution in [2.45, 2.75) is 33.4 Å². The van der Waals surface area contributed by atoms with Crippen LogP contribution >= 0.6 is 11.3 Å². The number of thiophene rings is 1. The Morgan fingerprint density at radius 3 is 2.59 bits per heavy atom. The van der Waals surface area contributed by atoms with E-state index in [1.807, 2.05) is 43.5 Å². The van der Waals surface area contributed by atoms with E-state index < -0.39 is 6.04 Å².